The molecule has 4 heteroatoms. The third kappa shape index (κ3) is 3.52. The van der Waals surface area contributed by atoms with Crippen LogP contribution in [0.3, 0.4) is 0 Å². The molecule has 6 aromatic rings. The molecule has 170 valence electrons. The summed E-state index contributed by atoms with van der Waals surface area (Å²) in [5, 5.41) is 14.5. The fourth-order valence-electron chi connectivity index (χ4n) is 5.20. The summed E-state index contributed by atoms with van der Waals surface area (Å²) in [5.41, 5.74) is 7.36. The van der Waals surface area contributed by atoms with Crippen molar-refractivity contribution in [1.82, 2.24) is 10.2 Å². The van der Waals surface area contributed by atoms with E-state index in [1.54, 1.807) is 0 Å². The number of hydrogen-bond acceptors (Lipinski definition) is 4. The summed E-state index contributed by atoms with van der Waals surface area (Å²) in [6, 6.07) is 18.3. The Bertz CT molecular complexity index is 1730. The predicted octanol–water partition coefficient (Wildman–Crippen LogP) is 9.39. The molecule has 0 bridgehead atoms. The third-order valence-electron chi connectivity index (χ3n) is 6.47. The minimum atomic E-state index is 0.283. The highest BCUT2D eigenvalue weighted by Gasteiger charge is 2.19. The lowest BCUT2D eigenvalue weighted by Gasteiger charge is -2.17. The molecule has 0 saturated carbocycles. The van der Waals surface area contributed by atoms with Gasteiger partial charge in [-0.2, -0.15) is 5.10 Å². The number of hydrogen-bond donors (Lipinski definition) is 0. The largest absolute Gasteiger partial charge is 0.155 e. The molecule has 34 heavy (non-hydrogen) atoms. The Labute approximate surface area is 208 Å². The van der Waals surface area contributed by atoms with Crippen LogP contribution in [0.15, 0.2) is 48.5 Å². The van der Waals surface area contributed by atoms with E-state index in [2.05, 4.69) is 100 Å². The van der Waals surface area contributed by atoms with Crippen LogP contribution in [0.1, 0.15) is 43.2 Å². The molecule has 2 nitrogen and oxygen atoms in total. The van der Waals surface area contributed by atoms with Gasteiger partial charge in [0.15, 0.2) is 0 Å². The Kier molecular flexibility index (Phi) is 4.84. The lowest BCUT2D eigenvalue weighted by atomic mass is 9.88. The predicted molar refractivity (Wildman–Crippen MR) is 151 cm³/mol. The highest BCUT2D eigenvalue weighted by Crippen LogP contribution is 2.47. The molecule has 0 radical (unpaired) electrons. The maximum absolute atomic E-state index is 4.69. The van der Waals surface area contributed by atoms with Crippen LogP contribution in [-0.4, -0.2) is 10.2 Å². The minimum absolute atomic E-state index is 0.283. The Hall–Kier alpha value is -2.82. The van der Waals surface area contributed by atoms with Gasteiger partial charge in [0.25, 0.3) is 0 Å². The first-order valence-electron chi connectivity index (χ1n) is 11.8. The van der Waals surface area contributed by atoms with Crippen molar-refractivity contribution >= 4 is 63.0 Å². The molecular formula is C30H28N2S2. The molecule has 0 saturated heterocycles. The van der Waals surface area contributed by atoms with Crippen molar-refractivity contribution in [3.8, 4) is 11.3 Å². The standard InChI is InChI=1S/C30H28N2S2/c1-16-11-17(2)13-20(12-16)26-29-25(18(3)31-32-26)23-10-9-22-21-8-7-19(15-30(4,5)6)14-24(21)33-27(22)28(23)34-29/h7-14H,15H2,1-6H3. The molecule has 0 N–H and O–H groups in total. The van der Waals surface area contributed by atoms with E-state index in [-0.39, 0.29) is 5.41 Å². The number of benzene rings is 3. The van der Waals surface area contributed by atoms with Gasteiger partial charge in [-0.3, -0.25) is 0 Å². The van der Waals surface area contributed by atoms with E-state index in [1.165, 1.54) is 57.0 Å². The highest BCUT2D eigenvalue weighted by molar-refractivity contribution is 7.33. The second-order valence-electron chi connectivity index (χ2n) is 10.8. The van der Waals surface area contributed by atoms with E-state index < -0.39 is 0 Å². The summed E-state index contributed by atoms with van der Waals surface area (Å²) in [6.07, 6.45) is 1.09. The summed E-state index contributed by atoms with van der Waals surface area (Å²) < 4.78 is 5.36. The van der Waals surface area contributed by atoms with Crippen molar-refractivity contribution in [3.63, 3.8) is 0 Å². The van der Waals surface area contributed by atoms with E-state index in [9.17, 15) is 0 Å². The zero-order chi connectivity index (χ0) is 23.8. The SMILES string of the molecule is Cc1cc(C)cc(-c2nnc(C)c3c2sc2c3ccc3c4ccc(CC(C)(C)C)cc4sc32)c1. The molecule has 3 heterocycles. The van der Waals surface area contributed by atoms with Crippen LogP contribution in [-0.2, 0) is 6.42 Å². The number of thiophene rings is 2. The van der Waals surface area contributed by atoms with Gasteiger partial charge in [-0.05, 0) is 56.4 Å². The number of aryl methyl sites for hydroxylation is 3. The van der Waals surface area contributed by atoms with E-state index in [0.29, 0.717) is 0 Å². The molecule has 3 aromatic heterocycles. The summed E-state index contributed by atoms with van der Waals surface area (Å²) in [6.45, 7) is 13.3. The van der Waals surface area contributed by atoms with Crippen LogP contribution in [0.25, 0.3) is 51.6 Å². The summed E-state index contributed by atoms with van der Waals surface area (Å²) >= 11 is 3.80. The fraction of sp³-hybridized carbons (Fsp3) is 0.267. The van der Waals surface area contributed by atoms with Gasteiger partial charge in [0.1, 0.15) is 5.69 Å². The third-order valence-corrected chi connectivity index (χ3v) is 9.01. The van der Waals surface area contributed by atoms with Crippen LogP contribution in [0.4, 0.5) is 0 Å². The Morgan fingerprint density at radius 2 is 1.38 bits per heavy atom. The second kappa shape index (κ2) is 7.59. The smallest absolute Gasteiger partial charge is 0.111 e. The normalized spacial score (nSPS) is 12.5. The van der Waals surface area contributed by atoms with Gasteiger partial charge in [-0.25, -0.2) is 0 Å². The van der Waals surface area contributed by atoms with Gasteiger partial charge in [0.2, 0.25) is 0 Å². The molecular weight excluding hydrogens is 452 g/mol. The molecule has 0 aliphatic rings. The number of aromatic nitrogens is 2. The fourth-order valence-corrected chi connectivity index (χ4v) is 7.96. The topological polar surface area (TPSA) is 25.8 Å². The maximum atomic E-state index is 4.69. The minimum Gasteiger partial charge on any atom is -0.155 e. The molecule has 6 rings (SSSR count). The van der Waals surface area contributed by atoms with Crippen molar-refractivity contribution in [3.05, 3.63) is 70.9 Å². The van der Waals surface area contributed by atoms with E-state index in [1.807, 2.05) is 22.7 Å². The first kappa shape index (κ1) is 21.7. The quantitative estimate of drug-likeness (QED) is 0.247. The van der Waals surface area contributed by atoms with E-state index >= 15 is 0 Å². The Morgan fingerprint density at radius 3 is 2.12 bits per heavy atom. The van der Waals surface area contributed by atoms with Gasteiger partial charge in [-0.15, -0.1) is 27.8 Å². The van der Waals surface area contributed by atoms with Gasteiger partial charge in [0, 0.05) is 31.8 Å². The molecule has 0 fully saturated rings. The zero-order valence-corrected chi connectivity index (χ0v) is 22.2. The Morgan fingerprint density at radius 1 is 0.706 bits per heavy atom. The maximum Gasteiger partial charge on any atom is 0.111 e. The van der Waals surface area contributed by atoms with Crippen LogP contribution in [0, 0.1) is 26.2 Å². The molecule has 0 atom stereocenters. The van der Waals surface area contributed by atoms with Crippen molar-refractivity contribution < 1.29 is 0 Å². The molecule has 0 spiro atoms. The average molecular weight is 481 g/mol. The average Bonchev–Trinajstić information content (AvgIpc) is 3.30. The summed E-state index contributed by atoms with van der Waals surface area (Å²) in [5.74, 6) is 0. The molecule has 0 amide bonds. The number of fused-ring (bicyclic) bond motifs is 7. The number of rotatable bonds is 2. The van der Waals surface area contributed by atoms with Crippen LogP contribution in [0.5, 0.6) is 0 Å². The summed E-state index contributed by atoms with van der Waals surface area (Å²) in [4.78, 5) is 0. The van der Waals surface area contributed by atoms with Crippen LogP contribution < -0.4 is 0 Å². The van der Waals surface area contributed by atoms with E-state index in [0.717, 1.165) is 23.4 Å². The van der Waals surface area contributed by atoms with Crippen molar-refractivity contribution in [2.75, 3.05) is 0 Å². The van der Waals surface area contributed by atoms with Crippen molar-refractivity contribution in [2.45, 2.75) is 48.0 Å². The number of nitrogens with zero attached hydrogens (tertiary/aromatic N) is 2. The van der Waals surface area contributed by atoms with Crippen LogP contribution >= 0.6 is 22.7 Å². The molecule has 3 aromatic carbocycles. The lowest BCUT2D eigenvalue weighted by Crippen LogP contribution is -2.08. The molecule has 0 unspecified atom stereocenters. The Balaban J connectivity index is 1.64. The van der Waals surface area contributed by atoms with Gasteiger partial charge < -0.3 is 0 Å². The monoisotopic (exact) mass is 480 g/mol. The molecule has 0 aliphatic heterocycles. The first-order chi connectivity index (χ1) is 16.2. The summed E-state index contributed by atoms with van der Waals surface area (Å²) in [7, 11) is 0. The van der Waals surface area contributed by atoms with Crippen molar-refractivity contribution in [1.29, 1.82) is 0 Å². The lowest BCUT2D eigenvalue weighted by molar-refractivity contribution is 0.411. The first-order valence-corrected chi connectivity index (χ1v) is 13.4. The van der Waals surface area contributed by atoms with Crippen LogP contribution in [0.2, 0.25) is 0 Å². The second-order valence-corrected chi connectivity index (χ2v) is 12.9. The molecule has 0 aliphatic carbocycles. The van der Waals surface area contributed by atoms with Crippen molar-refractivity contribution in [2.24, 2.45) is 5.41 Å². The van der Waals surface area contributed by atoms with Gasteiger partial charge in [-0.1, -0.05) is 62.2 Å². The zero-order valence-electron chi connectivity index (χ0n) is 20.5. The highest BCUT2D eigenvalue weighted by atomic mass is 32.1. The van der Waals surface area contributed by atoms with Gasteiger partial charge >= 0.3 is 0 Å². The van der Waals surface area contributed by atoms with Gasteiger partial charge in [0.05, 0.1) is 19.8 Å². The van der Waals surface area contributed by atoms with E-state index in [4.69, 9.17) is 0 Å².